The number of likely N-dealkylation sites (tertiary alicyclic amines) is 1. The van der Waals surface area contributed by atoms with Crippen molar-refractivity contribution >= 4 is 11.8 Å². The van der Waals surface area contributed by atoms with Crippen LogP contribution in [0.3, 0.4) is 0 Å². The number of piperidine rings is 1. The summed E-state index contributed by atoms with van der Waals surface area (Å²) in [6.45, 7) is -0.439. The van der Waals surface area contributed by atoms with Gasteiger partial charge >= 0.3 is 12.4 Å². The summed E-state index contributed by atoms with van der Waals surface area (Å²) in [4.78, 5) is 30.1. The van der Waals surface area contributed by atoms with Gasteiger partial charge in [-0.2, -0.15) is 31.4 Å². The fourth-order valence-corrected chi connectivity index (χ4v) is 5.05. The Morgan fingerprint density at radius 1 is 1.15 bits per heavy atom. The van der Waals surface area contributed by atoms with Crippen LogP contribution >= 0.6 is 0 Å². The lowest BCUT2D eigenvalue weighted by Crippen LogP contribution is -2.56. The lowest BCUT2D eigenvalue weighted by Gasteiger charge is -2.41. The van der Waals surface area contributed by atoms with E-state index >= 15 is 0 Å². The summed E-state index contributed by atoms with van der Waals surface area (Å²) in [6.07, 6.45) is -11.4. The Labute approximate surface area is 223 Å². The lowest BCUT2D eigenvalue weighted by molar-refractivity contribution is -0.270. The van der Waals surface area contributed by atoms with Gasteiger partial charge in [0.25, 0.3) is 5.91 Å². The molecule has 0 bridgehead atoms. The van der Waals surface area contributed by atoms with Gasteiger partial charge in [-0.3, -0.25) is 14.7 Å². The minimum Gasteiger partial charge on any atom is -0.481 e. The molecule has 1 saturated heterocycles. The Balaban J connectivity index is 1.43. The molecule has 0 radical (unpaired) electrons. The molecule has 0 aromatic carbocycles. The van der Waals surface area contributed by atoms with Crippen molar-refractivity contribution in [3.63, 3.8) is 0 Å². The van der Waals surface area contributed by atoms with Gasteiger partial charge in [-0.25, -0.2) is 9.37 Å². The number of hydrogen-bond donors (Lipinski definition) is 3. The smallest absolute Gasteiger partial charge is 0.417 e. The van der Waals surface area contributed by atoms with Crippen LogP contribution in [-0.2, 0) is 4.79 Å². The number of methoxy groups -OCH3 is 1. The summed E-state index contributed by atoms with van der Waals surface area (Å²) >= 11 is 0. The molecule has 1 aliphatic heterocycles. The minimum atomic E-state index is -4.89. The van der Waals surface area contributed by atoms with Crippen molar-refractivity contribution in [2.45, 2.75) is 68.6 Å². The Kier molecular flexibility index (Phi) is 8.02. The van der Waals surface area contributed by atoms with Crippen LogP contribution in [0.1, 0.15) is 49.0 Å². The second-order valence-electron chi connectivity index (χ2n) is 9.96. The number of rotatable bonds is 5. The van der Waals surface area contributed by atoms with Gasteiger partial charge in [0.1, 0.15) is 11.7 Å². The van der Waals surface area contributed by atoms with E-state index in [1.54, 1.807) is 0 Å². The third-order valence-electron chi connectivity index (χ3n) is 7.42. The van der Waals surface area contributed by atoms with Crippen molar-refractivity contribution in [2.75, 3.05) is 13.7 Å². The summed E-state index contributed by atoms with van der Waals surface area (Å²) in [7, 11) is 1.30. The number of alkyl halides is 6. The number of ether oxygens (including phenoxy) is 1. The van der Waals surface area contributed by atoms with E-state index in [2.05, 4.69) is 20.5 Å². The van der Waals surface area contributed by atoms with E-state index in [9.17, 15) is 45.4 Å². The number of nitrogens with one attached hydrogen (secondary N) is 2. The average molecular weight is 581 g/mol. The second kappa shape index (κ2) is 10.9. The first-order chi connectivity index (χ1) is 18.6. The van der Waals surface area contributed by atoms with Gasteiger partial charge in [0, 0.05) is 30.1 Å². The number of carbonyl (C=O) groups excluding carboxylic acids is 2. The number of aromatic nitrogens is 3. The van der Waals surface area contributed by atoms with Crippen LogP contribution in [0.2, 0.25) is 0 Å². The van der Waals surface area contributed by atoms with Gasteiger partial charge in [-0.15, -0.1) is 0 Å². The molecule has 3 heterocycles. The molecule has 0 unspecified atom stereocenters. The van der Waals surface area contributed by atoms with Gasteiger partial charge < -0.3 is 20.1 Å². The van der Waals surface area contributed by atoms with Crippen LogP contribution in [0.25, 0.3) is 11.3 Å². The maximum Gasteiger partial charge on any atom is 0.417 e. The van der Waals surface area contributed by atoms with E-state index in [-0.39, 0.29) is 42.1 Å². The normalized spacial score (nSPS) is 25.9. The van der Waals surface area contributed by atoms with E-state index in [4.69, 9.17) is 4.74 Å². The molecule has 2 fully saturated rings. The minimum absolute atomic E-state index is 0.0500. The Morgan fingerprint density at radius 3 is 2.42 bits per heavy atom. The molecule has 2 amide bonds. The predicted molar refractivity (Wildman–Crippen MR) is 123 cm³/mol. The number of H-pyrrole nitrogens is 1. The van der Waals surface area contributed by atoms with Crippen molar-refractivity contribution in [1.82, 2.24) is 25.4 Å². The molecule has 40 heavy (non-hydrogen) atoms. The monoisotopic (exact) mass is 581 g/mol. The Hall–Kier alpha value is -3.43. The van der Waals surface area contributed by atoms with Crippen molar-refractivity contribution in [3.05, 3.63) is 29.8 Å². The summed E-state index contributed by atoms with van der Waals surface area (Å²) in [5, 5.41) is 18.4. The molecule has 2 aliphatic rings. The Morgan fingerprint density at radius 2 is 1.82 bits per heavy atom. The molecule has 4 rings (SSSR count). The number of carbonyl (C=O) groups is 2. The van der Waals surface area contributed by atoms with Crippen molar-refractivity contribution in [3.8, 4) is 17.1 Å². The summed E-state index contributed by atoms with van der Waals surface area (Å²) in [5.74, 6) is -3.70. The zero-order valence-electron chi connectivity index (χ0n) is 21.1. The number of nitrogens with zero attached hydrogens (tertiary/aromatic N) is 3. The zero-order chi connectivity index (χ0) is 29.5. The second-order valence-corrected chi connectivity index (χ2v) is 9.96. The van der Waals surface area contributed by atoms with Crippen LogP contribution in [0.5, 0.6) is 5.88 Å². The van der Waals surface area contributed by atoms with Gasteiger partial charge in [0.2, 0.25) is 11.8 Å². The number of hydrogen-bond acceptors (Lipinski definition) is 6. The van der Waals surface area contributed by atoms with E-state index in [1.165, 1.54) is 13.2 Å². The molecular weight excluding hydrogens is 555 g/mol. The zero-order valence-corrected chi connectivity index (χ0v) is 21.1. The van der Waals surface area contributed by atoms with Crippen molar-refractivity contribution < 1.29 is 50.2 Å². The van der Waals surface area contributed by atoms with Gasteiger partial charge in [0.15, 0.2) is 11.4 Å². The van der Waals surface area contributed by atoms with Crippen molar-refractivity contribution in [2.24, 2.45) is 5.92 Å². The molecule has 1 aliphatic carbocycles. The van der Waals surface area contributed by atoms with Gasteiger partial charge in [0.05, 0.1) is 19.0 Å². The first-order valence-electron chi connectivity index (χ1n) is 12.4. The first-order valence-corrected chi connectivity index (χ1v) is 12.4. The number of pyridine rings is 1. The molecule has 0 spiro atoms. The standard InChI is InChI=1S/C24H26F7N5O4/c1-40-19-9-14(15(25)11-32-19)16-10-17(35-34-16)21(38)36-7-4-12(8-18(36)23(26,27)28)20(37)33-13-2-5-22(39,6-3-13)24(29,30)31/h9-13,18,39H,2-8H2,1H3,(H,33,37)(H,34,35)/t12-,13?,18-,22?/m1/s1. The fourth-order valence-electron chi connectivity index (χ4n) is 5.05. The number of aromatic amines is 1. The summed E-state index contributed by atoms with van der Waals surface area (Å²) < 4.78 is 100. The molecule has 2 aromatic heterocycles. The van der Waals surface area contributed by atoms with Crippen LogP contribution in [-0.4, -0.2) is 80.7 Å². The maximum atomic E-state index is 14.2. The lowest BCUT2D eigenvalue weighted by atomic mass is 9.81. The van der Waals surface area contributed by atoms with Crippen LogP contribution in [0.4, 0.5) is 30.7 Å². The summed E-state index contributed by atoms with van der Waals surface area (Å²) in [6, 6.07) is -0.749. The maximum absolute atomic E-state index is 14.2. The first kappa shape index (κ1) is 29.6. The molecule has 16 heteroatoms. The van der Waals surface area contributed by atoms with Crippen LogP contribution in [0, 0.1) is 11.7 Å². The molecule has 9 nitrogen and oxygen atoms in total. The van der Waals surface area contributed by atoms with Gasteiger partial charge in [-0.05, 0) is 44.6 Å². The summed E-state index contributed by atoms with van der Waals surface area (Å²) in [5.41, 5.74) is -3.35. The fraction of sp³-hybridized carbons (Fsp3) is 0.583. The molecule has 2 aromatic rings. The van der Waals surface area contributed by atoms with Crippen LogP contribution in [0.15, 0.2) is 18.3 Å². The van der Waals surface area contributed by atoms with E-state index in [1.807, 2.05) is 0 Å². The van der Waals surface area contributed by atoms with E-state index in [0.29, 0.717) is 4.90 Å². The number of amides is 2. The SMILES string of the molecule is COc1cc(-c2cc(C(=O)N3CC[C@@H](C(=O)NC4CCC(O)(C(F)(F)F)CC4)C[C@@H]3C(F)(F)F)[nH]n2)c(F)cn1. The highest BCUT2D eigenvalue weighted by atomic mass is 19.4. The quantitative estimate of drug-likeness (QED) is 0.463. The highest BCUT2D eigenvalue weighted by molar-refractivity contribution is 5.94. The molecular formula is C24H26F7N5O4. The predicted octanol–water partition coefficient (Wildman–Crippen LogP) is 3.75. The highest BCUT2D eigenvalue weighted by Crippen LogP contribution is 2.42. The molecule has 1 saturated carbocycles. The van der Waals surface area contributed by atoms with Gasteiger partial charge in [-0.1, -0.05) is 0 Å². The highest BCUT2D eigenvalue weighted by Gasteiger charge is 2.55. The van der Waals surface area contributed by atoms with E-state index in [0.717, 1.165) is 12.3 Å². The largest absolute Gasteiger partial charge is 0.481 e. The third kappa shape index (κ3) is 6.00. The number of halogens is 7. The topological polar surface area (TPSA) is 120 Å². The van der Waals surface area contributed by atoms with Crippen molar-refractivity contribution in [1.29, 1.82) is 0 Å². The third-order valence-corrected chi connectivity index (χ3v) is 7.42. The Bertz CT molecular complexity index is 1240. The number of aliphatic hydroxyl groups is 1. The average Bonchev–Trinajstić information content (AvgIpc) is 3.38. The van der Waals surface area contributed by atoms with E-state index < -0.39 is 79.4 Å². The molecule has 220 valence electrons. The molecule has 3 N–H and O–H groups in total. The molecule has 2 atom stereocenters. The van der Waals surface area contributed by atoms with Crippen LogP contribution < -0.4 is 10.1 Å².